The monoisotopic (exact) mass is 436 g/mol. The molecule has 1 aliphatic rings. The zero-order valence-electron chi connectivity index (χ0n) is 15.9. The van der Waals surface area contributed by atoms with Crippen molar-refractivity contribution < 1.29 is 22.7 Å². The van der Waals surface area contributed by atoms with Crippen molar-refractivity contribution in [2.75, 3.05) is 11.3 Å². The predicted molar refractivity (Wildman–Crippen MR) is 111 cm³/mol. The third kappa shape index (κ3) is 6.30. The standard InChI is InChI=1S/C20H24N2O5S2/c23-18(21-16-6-3-1-2-4-7-16)14-27-20(24)15-9-11-17(12-10-15)22-29(25,26)19-8-5-13-28-19/h5,8-13,16,22H,1-4,6-7,14H2,(H,21,23). The van der Waals surface area contributed by atoms with Gasteiger partial charge in [0.25, 0.3) is 15.9 Å². The molecule has 29 heavy (non-hydrogen) atoms. The molecular formula is C20H24N2O5S2. The Morgan fingerprint density at radius 2 is 1.72 bits per heavy atom. The van der Waals surface area contributed by atoms with Gasteiger partial charge in [-0.25, -0.2) is 13.2 Å². The number of anilines is 1. The summed E-state index contributed by atoms with van der Waals surface area (Å²) < 4.78 is 32.2. The lowest BCUT2D eigenvalue weighted by Gasteiger charge is -2.16. The number of ether oxygens (including phenoxy) is 1. The third-order valence-corrected chi connectivity index (χ3v) is 7.47. The van der Waals surface area contributed by atoms with E-state index >= 15 is 0 Å². The van der Waals surface area contributed by atoms with Crippen LogP contribution in [-0.2, 0) is 19.6 Å². The van der Waals surface area contributed by atoms with Gasteiger partial charge in [-0.15, -0.1) is 11.3 Å². The molecule has 0 saturated heterocycles. The average Bonchev–Trinajstić information content (AvgIpc) is 3.14. The maximum absolute atomic E-state index is 12.2. The van der Waals surface area contributed by atoms with Crippen LogP contribution in [0.2, 0.25) is 0 Å². The molecule has 0 radical (unpaired) electrons. The van der Waals surface area contributed by atoms with Gasteiger partial charge in [-0.1, -0.05) is 31.7 Å². The fraction of sp³-hybridized carbons (Fsp3) is 0.400. The normalized spacial score (nSPS) is 15.3. The van der Waals surface area contributed by atoms with Crippen LogP contribution in [0.15, 0.2) is 46.0 Å². The molecule has 1 heterocycles. The van der Waals surface area contributed by atoms with Crippen LogP contribution in [-0.4, -0.2) is 32.9 Å². The second-order valence-corrected chi connectivity index (χ2v) is 9.80. The van der Waals surface area contributed by atoms with Crippen LogP contribution in [0.25, 0.3) is 0 Å². The lowest BCUT2D eigenvalue weighted by molar-refractivity contribution is -0.125. The number of sulfonamides is 1. The first-order valence-corrected chi connectivity index (χ1v) is 11.9. The fourth-order valence-electron chi connectivity index (χ4n) is 3.20. The maximum atomic E-state index is 12.2. The minimum absolute atomic E-state index is 0.152. The van der Waals surface area contributed by atoms with Crippen LogP contribution < -0.4 is 10.0 Å². The summed E-state index contributed by atoms with van der Waals surface area (Å²) in [7, 11) is -3.64. The maximum Gasteiger partial charge on any atom is 0.338 e. The van der Waals surface area contributed by atoms with E-state index < -0.39 is 16.0 Å². The fourth-order valence-corrected chi connectivity index (χ4v) is 5.26. The lowest BCUT2D eigenvalue weighted by Crippen LogP contribution is -2.37. The molecule has 1 aromatic heterocycles. The number of rotatable bonds is 7. The van der Waals surface area contributed by atoms with Crippen LogP contribution in [0, 0.1) is 0 Å². The van der Waals surface area contributed by atoms with E-state index in [4.69, 9.17) is 4.74 Å². The number of benzene rings is 1. The summed E-state index contributed by atoms with van der Waals surface area (Å²) in [4.78, 5) is 24.2. The summed E-state index contributed by atoms with van der Waals surface area (Å²) in [6, 6.07) is 9.19. The van der Waals surface area contributed by atoms with E-state index in [0.29, 0.717) is 5.69 Å². The zero-order chi connectivity index (χ0) is 20.7. The molecule has 9 heteroatoms. The van der Waals surface area contributed by atoms with E-state index in [1.807, 2.05) is 0 Å². The van der Waals surface area contributed by atoms with Crippen molar-refractivity contribution in [1.29, 1.82) is 0 Å². The second-order valence-electron chi connectivity index (χ2n) is 6.95. The molecule has 0 bridgehead atoms. The molecule has 156 valence electrons. The molecule has 0 atom stereocenters. The highest BCUT2D eigenvalue weighted by Gasteiger charge is 2.17. The summed E-state index contributed by atoms with van der Waals surface area (Å²) in [5, 5.41) is 4.60. The highest BCUT2D eigenvalue weighted by atomic mass is 32.2. The van der Waals surface area contributed by atoms with Gasteiger partial charge in [-0.2, -0.15) is 0 Å². The van der Waals surface area contributed by atoms with Crippen LogP contribution in [0.1, 0.15) is 48.9 Å². The van der Waals surface area contributed by atoms with Gasteiger partial charge in [0.2, 0.25) is 0 Å². The summed E-state index contributed by atoms with van der Waals surface area (Å²) in [6.07, 6.45) is 6.52. The highest BCUT2D eigenvalue weighted by Crippen LogP contribution is 2.21. The second kappa shape index (κ2) is 9.89. The van der Waals surface area contributed by atoms with Crippen molar-refractivity contribution >= 4 is 38.9 Å². The van der Waals surface area contributed by atoms with E-state index in [2.05, 4.69) is 10.0 Å². The Morgan fingerprint density at radius 3 is 2.34 bits per heavy atom. The Kier molecular flexibility index (Phi) is 7.27. The van der Waals surface area contributed by atoms with Crippen molar-refractivity contribution in [2.24, 2.45) is 0 Å². The quantitative estimate of drug-likeness (QED) is 0.511. The van der Waals surface area contributed by atoms with Crippen molar-refractivity contribution in [3.63, 3.8) is 0 Å². The molecule has 3 rings (SSSR count). The SMILES string of the molecule is O=C(COC(=O)c1ccc(NS(=O)(=O)c2cccs2)cc1)NC1CCCCCC1. The first-order valence-electron chi connectivity index (χ1n) is 9.57. The topological polar surface area (TPSA) is 102 Å². The van der Waals surface area contributed by atoms with Crippen LogP contribution in [0.5, 0.6) is 0 Å². The summed E-state index contributed by atoms with van der Waals surface area (Å²) >= 11 is 1.12. The first-order chi connectivity index (χ1) is 13.9. The van der Waals surface area contributed by atoms with Gasteiger partial charge in [0.15, 0.2) is 6.61 Å². The Labute approximate surface area is 174 Å². The predicted octanol–water partition coefficient (Wildman–Crippen LogP) is 3.54. The van der Waals surface area contributed by atoms with Gasteiger partial charge in [0.05, 0.1) is 5.56 Å². The van der Waals surface area contributed by atoms with Gasteiger partial charge < -0.3 is 10.1 Å². The number of esters is 1. The van der Waals surface area contributed by atoms with Crippen LogP contribution >= 0.6 is 11.3 Å². The summed E-state index contributed by atoms with van der Waals surface area (Å²) in [5.74, 6) is -0.931. The molecule has 2 N–H and O–H groups in total. The Morgan fingerprint density at radius 1 is 1.03 bits per heavy atom. The number of thiophene rings is 1. The van der Waals surface area contributed by atoms with Crippen molar-refractivity contribution in [2.45, 2.75) is 48.8 Å². The first kappa shape index (κ1) is 21.3. The highest BCUT2D eigenvalue weighted by molar-refractivity contribution is 7.94. The average molecular weight is 437 g/mol. The molecule has 1 aromatic carbocycles. The Balaban J connectivity index is 1.49. The molecule has 1 saturated carbocycles. The van der Waals surface area contributed by atoms with E-state index in [1.165, 1.54) is 43.2 Å². The van der Waals surface area contributed by atoms with Gasteiger partial charge in [-0.05, 0) is 48.6 Å². The van der Waals surface area contributed by atoms with E-state index in [0.717, 1.165) is 37.0 Å². The van der Waals surface area contributed by atoms with Crippen molar-refractivity contribution in [3.8, 4) is 0 Å². The summed E-state index contributed by atoms with van der Waals surface area (Å²) in [6.45, 7) is -0.331. The number of hydrogen-bond donors (Lipinski definition) is 2. The number of amides is 1. The Hall–Kier alpha value is -2.39. The van der Waals surface area contributed by atoms with E-state index in [9.17, 15) is 18.0 Å². The van der Waals surface area contributed by atoms with Crippen LogP contribution in [0.4, 0.5) is 5.69 Å². The van der Waals surface area contributed by atoms with Crippen molar-refractivity contribution in [1.82, 2.24) is 5.32 Å². The largest absolute Gasteiger partial charge is 0.452 e. The molecule has 1 fully saturated rings. The van der Waals surface area contributed by atoms with Crippen LogP contribution in [0.3, 0.4) is 0 Å². The molecule has 0 aliphatic heterocycles. The van der Waals surface area contributed by atoms with Gasteiger partial charge in [-0.3, -0.25) is 9.52 Å². The molecule has 1 aliphatic carbocycles. The number of carbonyl (C=O) groups is 2. The van der Waals surface area contributed by atoms with E-state index in [1.54, 1.807) is 11.4 Å². The lowest BCUT2D eigenvalue weighted by atomic mass is 10.1. The minimum atomic E-state index is -3.64. The number of nitrogens with one attached hydrogen (secondary N) is 2. The molecular weight excluding hydrogens is 412 g/mol. The molecule has 1 amide bonds. The summed E-state index contributed by atoms with van der Waals surface area (Å²) in [5.41, 5.74) is 0.576. The van der Waals surface area contributed by atoms with Gasteiger partial charge >= 0.3 is 5.97 Å². The number of carbonyl (C=O) groups excluding carboxylic acids is 2. The van der Waals surface area contributed by atoms with E-state index in [-0.39, 0.29) is 28.3 Å². The molecule has 2 aromatic rings. The molecule has 7 nitrogen and oxygen atoms in total. The molecule has 0 spiro atoms. The van der Waals surface area contributed by atoms with Gasteiger partial charge in [0.1, 0.15) is 4.21 Å². The van der Waals surface area contributed by atoms with Gasteiger partial charge in [0, 0.05) is 11.7 Å². The molecule has 0 unspecified atom stereocenters. The van der Waals surface area contributed by atoms with Crippen molar-refractivity contribution in [3.05, 3.63) is 47.3 Å². The Bertz CT molecular complexity index is 916. The smallest absolute Gasteiger partial charge is 0.338 e. The zero-order valence-corrected chi connectivity index (χ0v) is 17.6. The number of hydrogen-bond acceptors (Lipinski definition) is 6. The minimum Gasteiger partial charge on any atom is -0.452 e. The third-order valence-electron chi connectivity index (χ3n) is 4.69.